The fourth-order valence-corrected chi connectivity index (χ4v) is 5.92. The van der Waals surface area contributed by atoms with E-state index in [1.165, 1.54) is 0 Å². The molecule has 0 aromatic carbocycles. The SMILES string of the molecule is COC1CNCC(C2CCNC(NC3CC(NC(=O)NC4CCNCC4)CCC3C)N2)C1. The molecule has 0 bridgehead atoms. The first-order chi connectivity index (χ1) is 15.6. The molecule has 4 rings (SSSR count). The lowest BCUT2D eigenvalue weighted by atomic mass is 9.82. The molecule has 3 aliphatic heterocycles. The van der Waals surface area contributed by atoms with Crippen molar-refractivity contribution >= 4 is 6.03 Å². The van der Waals surface area contributed by atoms with Gasteiger partial charge in [-0.15, -0.1) is 0 Å². The molecule has 184 valence electrons. The van der Waals surface area contributed by atoms with E-state index < -0.39 is 0 Å². The Labute approximate surface area is 193 Å². The van der Waals surface area contributed by atoms with Gasteiger partial charge in [-0.2, -0.15) is 0 Å². The van der Waals surface area contributed by atoms with Gasteiger partial charge in [0.1, 0.15) is 6.29 Å². The summed E-state index contributed by atoms with van der Waals surface area (Å²) in [6, 6.07) is 1.40. The Morgan fingerprint density at radius 2 is 1.72 bits per heavy atom. The van der Waals surface area contributed by atoms with E-state index in [1.54, 1.807) is 0 Å². The summed E-state index contributed by atoms with van der Waals surface area (Å²) in [5.74, 6) is 1.19. The number of urea groups is 1. The molecule has 0 aromatic heterocycles. The van der Waals surface area contributed by atoms with Crippen LogP contribution in [0, 0.1) is 11.8 Å². The first-order valence-electron chi connectivity index (χ1n) is 12.9. The molecule has 0 radical (unpaired) electrons. The van der Waals surface area contributed by atoms with Crippen molar-refractivity contribution in [3.63, 3.8) is 0 Å². The van der Waals surface area contributed by atoms with Crippen molar-refractivity contribution in [2.45, 2.75) is 88.4 Å². The van der Waals surface area contributed by atoms with Crippen LogP contribution in [0.1, 0.15) is 51.9 Å². The molecule has 0 aromatic rings. The Morgan fingerprint density at radius 1 is 0.906 bits per heavy atom. The van der Waals surface area contributed by atoms with Crippen molar-refractivity contribution in [2.75, 3.05) is 39.8 Å². The normalized spacial score (nSPS) is 39.4. The maximum atomic E-state index is 12.5. The zero-order chi connectivity index (χ0) is 22.3. The monoisotopic (exact) mass is 451 g/mol. The molecule has 7 unspecified atom stereocenters. The summed E-state index contributed by atoms with van der Waals surface area (Å²) in [4.78, 5) is 12.5. The van der Waals surface area contributed by atoms with Crippen molar-refractivity contribution < 1.29 is 9.53 Å². The van der Waals surface area contributed by atoms with Gasteiger partial charge < -0.3 is 26.0 Å². The van der Waals surface area contributed by atoms with Gasteiger partial charge in [-0.3, -0.25) is 16.0 Å². The van der Waals surface area contributed by atoms with E-state index in [9.17, 15) is 4.79 Å². The van der Waals surface area contributed by atoms with Crippen LogP contribution < -0.4 is 37.2 Å². The van der Waals surface area contributed by atoms with Gasteiger partial charge in [0.05, 0.1) is 6.10 Å². The average molecular weight is 452 g/mol. The van der Waals surface area contributed by atoms with Crippen molar-refractivity contribution in [1.29, 1.82) is 0 Å². The molecular formula is C23H45N7O2. The largest absolute Gasteiger partial charge is 0.380 e. The van der Waals surface area contributed by atoms with Crippen LogP contribution >= 0.6 is 0 Å². The van der Waals surface area contributed by atoms with Crippen LogP contribution in [0.4, 0.5) is 4.79 Å². The molecule has 4 aliphatic rings. The second kappa shape index (κ2) is 11.9. The number of hydrogen-bond donors (Lipinski definition) is 7. The summed E-state index contributed by atoms with van der Waals surface area (Å²) >= 11 is 0. The van der Waals surface area contributed by atoms with Gasteiger partial charge in [0.25, 0.3) is 0 Å². The summed E-state index contributed by atoms with van der Waals surface area (Å²) in [5.41, 5.74) is 0. The molecule has 1 saturated carbocycles. The lowest BCUT2D eigenvalue weighted by molar-refractivity contribution is 0.0447. The minimum Gasteiger partial charge on any atom is -0.380 e. The zero-order valence-corrected chi connectivity index (χ0v) is 19.9. The molecule has 1 aliphatic carbocycles. The first-order valence-corrected chi connectivity index (χ1v) is 12.9. The lowest BCUT2D eigenvalue weighted by Gasteiger charge is -2.43. The van der Waals surface area contributed by atoms with Crippen LogP contribution in [0.5, 0.6) is 0 Å². The Morgan fingerprint density at radius 3 is 2.53 bits per heavy atom. The third-order valence-corrected chi connectivity index (χ3v) is 8.02. The van der Waals surface area contributed by atoms with E-state index in [0.717, 1.165) is 77.7 Å². The van der Waals surface area contributed by atoms with E-state index in [4.69, 9.17) is 4.74 Å². The van der Waals surface area contributed by atoms with Crippen LogP contribution in [0.2, 0.25) is 0 Å². The van der Waals surface area contributed by atoms with Gasteiger partial charge in [0.15, 0.2) is 0 Å². The summed E-state index contributed by atoms with van der Waals surface area (Å²) in [7, 11) is 1.82. The van der Waals surface area contributed by atoms with Crippen LogP contribution in [0.15, 0.2) is 0 Å². The molecule has 7 N–H and O–H groups in total. The molecule has 9 nitrogen and oxygen atoms in total. The van der Waals surface area contributed by atoms with E-state index >= 15 is 0 Å². The molecule has 9 heteroatoms. The van der Waals surface area contributed by atoms with Crippen molar-refractivity contribution in [3.05, 3.63) is 0 Å². The van der Waals surface area contributed by atoms with E-state index in [0.29, 0.717) is 36.1 Å². The van der Waals surface area contributed by atoms with Crippen molar-refractivity contribution in [3.8, 4) is 0 Å². The van der Waals surface area contributed by atoms with E-state index in [-0.39, 0.29) is 18.4 Å². The molecule has 3 saturated heterocycles. The maximum absolute atomic E-state index is 12.5. The number of amides is 2. The number of piperidine rings is 2. The number of carbonyl (C=O) groups is 1. The molecule has 32 heavy (non-hydrogen) atoms. The molecule has 0 spiro atoms. The van der Waals surface area contributed by atoms with Crippen molar-refractivity contribution in [1.82, 2.24) is 37.2 Å². The number of carbonyl (C=O) groups excluding carboxylic acids is 1. The first kappa shape index (κ1) is 24.2. The minimum absolute atomic E-state index is 0.00155. The molecule has 4 fully saturated rings. The second-order valence-corrected chi connectivity index (χ2v) is 10.4. The Hall–Kier alpha value is -0.970. The highest BCUT2D eigenvalue weighted by Gasteiger charge is 2.35. The van der Waals surface area contributed by atoms with E-state index in [2.05, 4.69) is 44.1 Å². The number of hydrogen-bond acceptors (Lipinski definition) is 7. The summed E-state index contributed by atoms with van der Waals surface area (Å²) in [5, 5.41) is 24.6. The van der Waals surface area contributed by atoms with Crippen molar-refractivity contribution in [2.24, 2.45) is 11.8 Å². The number of rotatable bonds is 6. The van der Waals surface area contributed by atoms with Crippen LogP contribution in [-0.4, -0.2) is 82.4 Å². The standard InChI is InChI=1S/C23H45N7O2/c1-15-3-4-18(28-23(31)27-17-5-8-24-9-6-17)12-21(15)30-22-26-10-7-20(29-22)16-11-19(32-2)14-25-13-16/h15-22,24-26,29-30H,3-14H2,1-2H3,(H2,27,28,31). The lowest BCUT2D eigenvalue weighted by Crippen LogP contribution is -2.66. The highest BCUT2D eigenvalue weighted by Crippen LogP contribution is 2.26. The Kier molecular flexibility index (Phi) is 9.02. The van der Waals surface area contributed by atoms with Crippen LogP contribution in [-0.2, 0) is 4.74 Å². The van der Waals surface area contributed by atoms with Crippen LogP contribution in [0.25, 0.3) is 0 Å². The summed E-state index contributed by atoms with van der Waals surface area (Å²) in [6.45, 7) is 7.34. The summed E-state index contributed by atoms with van der Waals surface area (Å²) < 4.78 is 5.60. The predicted octanol–water partition coefficient (Wildman–Crippen LogP) is 0.0440. The van der Waals surface area contributed by atoms with Crippen LogP contribution in [0.3, 0.4) is 0 Å². The van der Waals surface area contributed by atoms with E-state index in [1.807, 2.05) is 7.11 Å². The third-order valence-electron chi connectivity index (χ3n) is 8.02. The fourth-order valence-electron chi connectivity index (χ4n) is 5.92. The number of ether oxygens (including phenoxy) is 1. The third kappa shape index (κ3) is 6.77. The highest BCUT2D eigenvalue weighted by atomic mass is 16.5. The number of methoxy groups -OCH3 is 1. The molecule has 7 atom stereocenters. The van der Waals surface area contributed by atoms with Gasteiger partial charge in [-0.25, -0.2) is 4.79 Å². The van der Waals surface area contributed by atoms with Gasteiger partial charge in [-0.05, 0) is 83.0 Å². The fraction of sp³-hybridized carbons (Fsp3) is 0.957. The summed E-state index contributed by atoms with van der Waals surface area (Å²) in [6.07, 6.45) is 7.89. The van der Waals surface area contributed by atoms with Gasteiger partial charge in [0, 0.05) is 37.8 Å². The maximum Gasteiger partial charge on any atom is 0.315 e. The van der Waals surface area contributed by atoms with Gasteiger partial charge >= 0.3 is 6.03 Å². The zero-order valence-electron chi connectivity index (χ0n) is 19.9. The Bertz CT molecular complexity index is 589. The second-order valence-electron chi connectivity index (χ2n) is 10.4. The highest BCUT2D eigenvalue weighted by molar-refractivity contribution is 5.74. The molecular weight excluding hydrogens is 406 g/mol. The number of nitrogens with one attached hydrogen (secondary N) is 7. The van der Waals surface area contributed by atoms with Gasteiger partial charge in [-0.1, -0.05) is 6.92 Å². The van der Waals surface area contributed by atoms with Gasteiger partial charge in [0.2, 0.25) is 0 Å². The molecule has 3 heterocycles. The topological polar surface area (TPSA) is 111 Å². The quantitative estimate of drug-likeness (QED) is 0.306. The Balaban J connectivity index is 1.23. The predicted molar refractivity (Wildman–Crippen MR) is 126 cm³/mol. The molecule has 2 amide bonds. The smallest absolute Gasteiger partial charge is 0.315 e. The minimum atomic E-state index is 0.00155. The average Bonchev–Trinajstić information content (AvgIpc) is 2.82.